The number of pyridine rings is 2. The number of carbonyl (C=O) groups excluding carboxylic acids is 1. The zero-order valence-electron chi connectivity index (χ0n) is 15.4. The number of aryl methyl sites for hydroxylation is 2. The fourth-order valence-corrected chi connectivity index (χ4v) is 2.85. The summed E-state index contributed by atoms with van der Waals surface area (Å²) in [5, 5.41) is 3.93. The second-order valence-corrected chi connectivity index (χ2v) is 7.13. The van der Waals surface area contributed by atoms with E-state index in [1.165, 1.54) is 0 Å². The molecule has 26 heavy (non-hydrogen) atoms. The lowest BCUT2D eigenvalue weighted by molar-refractivity contribution is -0.116. The molecule has 5 heteroatoms. The van der Waals surface area contributed by atoms with Gasteiger partial charge < -0.3 is 11.1 Å². The average molecular weight is 348 g/mol. The number of carbonyl (C=O) groups is 1. The van der Waals surface area contributed by atoms with E-state index in [2.05, 4.69) is 21.4 Å². The summed E-state index contributed by atoms with van der Waals surface area (Å²) in [5.74, 6) is -0.0181. The molecule has 134 valence electrons. The van der Waals surface area contributed by atoms with Crippen molar-refractivity contribution in [1.82, 2.24) is 9.97 Å². The first kappa shape index (κ1) is 18.0. The van der Waals surface area contributed by atoms with Crippen molar-refractivity contribution in [3.8, 4) is 0 Å². The normalized spacial score (nSPS) is 11.5. The minimum atomic E-state index is -0.391. The van der Waals surface area contributed by atoms with E-state index in [9.17, 15) is 4.79 Å². The third-order valence-electron chi connectivity index (χ3n) is 4.42. The van der Waals surface area contributed by atoms with Gasteiger partial charge in [0.2, 0.25) is 5.91 Å². The molecule has 3 N–H and O–H groups in total. The van der Waals surface area contributed by atoms with E-state index in [4.69, 9.17) is 5.73 Å². The summed E-state index contributed by atoms with van der Waals surface area (Å²) in [6.07, 6.45) is 2.78. The number of anilines is 1. The fraction of sp³-hybridized carbons (Fsp3) is 0.286. The van der Waals surface area contributed by atoms with Crippen molar-refractivity contribution in [2.75, 3.05) is 5.32 Å². The summed E-state index contributed by atoms with van der Waals surface area (Å²) in [6.45, 7) is 5.86. The summed E-state index contributed by atoms with van der Waals surface area (Å²) in [5.41, 5.74) is 10.2. The molecule has 0 fully saturated rings. The van der Waals surface area contributed by atoms with Gasteiger partial charge in [-0.3, -0.25) is 4.79 Å². The van der Waals surface area contributed by atoms with Crippen LogP contribution >= 0.6 is 0 Å². The molecule has 0 aliphatic heterocycles. The first-order chi connectivity index (χ1) is 12.3. The van der Waals surface area contributed by atoms with Crippen molar-refractivity contribution < 1.29 is 4.79 Å². The molecule has 3 rings (SSSR count). The van der Waals surface area contributed by atoms with Crippen molar-refractivity contribution in [2.45, 2.75) is 39.2 Å². The molecule has 5 nitrogen and oxygen atoms in total. The highest BCUT2D eigenvalue weighted by Crippen LogP contribution is 2.20. The minimum Gasteiger partial charge on any atom is -0.326 e. The predicted octanol–water partition coefficient (Wildman–Crippen LogP) is 3.70. The number of amides is 1. The Morgan fingerprint density at radius 1 is 1.19 bits per heavy atom. The van der Waals surface area contributed by atoms with E-state index < -0.39 is 5.54 Å². The summed E-state index contributed by atoms with van der Waals surface area (Å²) >= 11 is 0. The standard InChI is InChI=1S/C21H24N4O/c1-14-15(13-16-5-4-12-23-20(16)24-14)6-11-19(26)25-18-9-7-17(8-10-18)21(2,3)22/h4-5,7-10,12-13H,6,11,22H2,1-3H3,(H,25,26). The van der Waals surface area contributed by atoms with Crippen LogP contribution in [0.15, 0.2) is 48.7 Å². The number of nitrogens with zero attached hydrogens (tertiary/aromatic N) is 2. The van der Waals surface area contributed by atoms with E-state index >= 15 is 0 Å². The number of aromatic nitrogens is 2. The summed E-state index contributed by atoms with van der Waals surface area (Å²) in [7, 11) is 0. The molecular weight excluding hydrogens is 324 g/mol. The highest BCUT2D eigenvalue weighted by Gasteiger charge is 2.14. The largest absolute Gasteiger partial charge is 0.326 e. The van der Waals surface area contributed by atoms with Gasteiger partial charge in [-0.1, -0.05) is 12.1 Å². The quantitative estimate of drug-likeness (QED) is 0.736. The van der Waals surface area contributed by atoms with Gasteiger partial charge in [0.25, 0.3) is 0 Å². The van der Waals surface area contributed by atoms with Gasteiger partial charge in [0.15, 0.2) is 5.65 Å². The molecule has 0 radical (unpaired) electrons. The van der Waals surface area contributed by atoms with Crippen molar-refractivity contribution in [1.29, 1.82) is 0 Å². The van der Waals surface area contributed by atoms with Crippen LogP contribution in [0.1, 0.15) is 37.1 Å². The van der Waals surface area contributed by atoms with E-state index in [0.717, 1.165) is 33.5 Å². The number of fused-ring (bicyclic) bond motifs is 1. The number of hydrogen-bond acceptors (Lipinski definition) is 4. The van der Waals surface area contributed by atoms with Gasteiger partial charge in [0.05, 0.1) is 0 Å². The van der Waals surface area contributed by atoms with Crippen LogP contribution in [-0.4, -0.2) is 15.9 Å². The molecule has 0 saturated heterocycles. The van der Waals surface area contributed by atoms with Crippen LogP contribution < -0.4 is 11.1 Å². The Hall–Kier alpha value is -2.79. The fourth-order valence-electron chi connectivity index (χ4n) is 2.85. The Morgan fingerprint density at radius 3 is 2.62 bits per heavy atom. The predicted molar refractivity (Wildman–Crippen MR) is 105 cm³/mol. The SMILES string of the molecule is Cc1nc2ncccc2cc1CCC(=O)Nc1ccc(C(C)(C)N)cc1. The van der Waals surface area contributed by atoms with Crippen molar-refractivity contribution in [2.24, 2.45) is 5.73 Å². The van der Waals surface area contributed by atoms with Gasteiger partial charge >= 0.3 is 0 Å². The first-order valence-corrected chi connectivity index (χ1v) is 8.73. The van der Waals surface area contributed by atoms with E-state index in [-0.39, 0.29) is 5.91 Å². The van der Waals surface area contributed by atoms with Crippen LogP contribution in [0.4, 0.5) is 5.69 Å². The zero-order chi connectivity index (χ0) is 18.7. The summed E-state index contributed by atoms with van der Waals surface area (Å²) < 4.78 is 0. The molecule has 0 aliphatic rings. The second-order valence-electron chi connectivity index (χ2n) is 7.13. The van der Waals surface area contributed by atoms with Crippen molar-refractivity contribution >= 4 is 22.6 Å². The molecule has 0 saturated carbocycles. The second kappa shape index (κ2) is 7.22. The highest BCUT2D eigenvalue weighted by atomic mass is 16.1. The maximum atomic E-state index is 12.3. The molecule has 0 spiro atoms. The Morgan fingerprint density at radius 2 is 1.92 bits per heavy atom. The maximum absolute atomic E-state index is 12.3. The lowest BCUT2D eigenvalue weighted by Gasteiger charge is -2.19. The van der Waals surface area contributed by atoms with Crippen LogP contribution in [0.25, 0.3) is 11.0 Å². The molecule has 1 aromatic carbocycles. The Balaban J connectivity index is 1.63. The molecular formula is C21H24N4O. The smallest absolute Gasteiger partial charge is 0.224 e. The number of nitrogens with one attached hydrogen (secondary N) is 1. The van der Waals surface area contributed by atoms with Crippen LogP contribution in [0.2, 0.25) is 0 Å². The zero-order valence-corrected chi connectivity index (χ0v) is 15.4. The van der Waals surface area contributed by atoms with Gasteiger partial charge in [-0.2, -0.15) is 0 Å². The van der Waals surface area contributed by atoms with Crippen LogP contribution in [0.5, 0.6) is 0 Å². The van der Waals surface area contributed by atoms with Gasteiger partial charge in [-0.25, -0.2) is 9.97 Å². The maximum Gasteiger partial charge on any atom is 0.224 e. The molecule has 0 atom stereocenters. The van der Waals surface area contributed by atoms with E-state index in [1.54, 1.807) is 6.20 Å². The molecule has 1 amide bonds. The Kier molecular flexibility index (Phi) is 5.00. The third kappa shape index (κ3) is 4.24. The molecule has 0 bridgehead atoms. The Labute approximate surface area is 153 Å². The monoisotopic (exact) mass is 348 g/mol. The molecule has 3 aromatic rings. The summed E-state index contributed by atoms with van der Waals surface area (Å²) in [6, 6.07) is 13.6. The third-order valence-corrected chi connectivity index (χ3v) is 4.42. The number of hydrogen-bond donors (Lipinski definition) is 2. The van der Waals surface area contributed by atoms with Gasteiger partial charge in [0.1, 0.15) is 0 Å². The van der Waals surface area contributed by atoms with E-state index in [1.807, 2.05) is 57.2 Å². The summed E-state index contributed by atoms with van der Waals surface area (Å²) in [4.78, 5) is 21.0. The number of rotatable bonds is 5. The van der Waals surface area contributed by atoms with E-state index in [0.29, 0.717) is 12.8 Å². The molecule has 2 heterocycles. The topological polar surface area (TPSA) is 80.9 Å². The lowest BCUT2D eigenvalue weighted by Crippen LogP contribution is -2.28. The molecule has 0 unspecified atom stereocenters. The Bertz CT molecular complexity index is 927. The van der Waals surface area contributed by atoms with Crippen LogP contribution in [0.3, 0.4) is 0 Å². The lowest BCUT2D eigenvalue weighted by atomic mass is 9.95. The van der Waals surface area contributed by atoms with Gasteiger partial charge in [-0.15, -0.1) is 0 Å². The van der Waals surface area contributed by atoms with Gasteiger partial charge in [0, 0.05) is 34.9 Å². The van der Waals surface area contributed by atoms with Gasteiger partial charge in [-0.05, 0) is 68.7 Å². The van der Waals surface area contributed by atoms with Crippen molar-refractivity contribution in [3.05, 3.63) is 65.5 Å². The minimum absolute atomic E-state index is 0.0181. The highest BCUT2D eigenvalue weighted by molar-refractivity contribution is 5.91. The number of nitrogens with two attached hydrogens (primary N) is 1. The van der Waals surface area contributed by atoms with Crippen LogP contribution in [0, 0.1) is 6.92 Å². The van der Waals surface area contributed by atoms with Crippen LogP contribution in [-0.2, 0) is 16.8 Å². The number of benzene rings is 1. The molecule has 0 aliphatic carbocycles. The average Bonchev–Trinajstić information content (AvgIpc) is 2.59. The molecule has 2 aromatic heterocycles. The van der Waals surface area contributed by atoms with Crippen molar-refractivity contribution in [3.63, 3.8) is 0 Å². The first-order valence-electron chi connectivity index (χ1n) is 8.73.